The minimum atomic E-state index is 0.0439. The van der Waals surface area contributed by atoms with Gasteiger partial charge in [-0.2, -0.15) is 0 Å². The van der Waals surface area contributed by atoms with Gasteiger partial charge in [-0.25, -0.2) is 0 Å². The zero-order valence-electron chi connectivity index (χ0n) is 24.9. The van der Waals surface area contributed by atoms with E-state index in [0.29, 0.717) is 0 Å². The maximum atomic E-state index is 4.72. The number of hydrogen-bond donors (Lipinski definition) is 0. The summed E-state index contributed by atoms with van der Waals surface area (Å²) < 4.78 is 0. The molecule has 0 N–H and O–H groups in total. The van der Waals surface area contributed by atoms with Gasteiger partial charge in [-0.1, -0.05) is 82.8 Å². The van der Waals surface area contributed by atoms with Crippen LogP contribution in [0, 0.1) is 20.8 Å². The highest BCUT2D eigenvalue weighted by atomic mass is 15.3. The van der Waals surface area contributed by atoms with Crippen LogP contribution in [0.3, 0.4) is 0 Å². The van der Waals surface area contributed by atoms with Crippen molar-refractivity contribution < 1.29 is 0 Å². The Kier molecular flexibility index (Phi) is 5.30. The Labute approximate surface area is 257 Å². The summed E-state index contributed by atoms with van der Waals surface area (Å²) in [4.78, 5) is 14.2. The number of rotatable bonds is 2. The first-order chi connectivity index (χ1) is 21.6. The molecule has 0 spiro atoms. The Morgan fingerprint density at radius 1 is 0.545 bits per heavy atom. The standard InChI is InChI=1S/C39H29BN4/c1-24-17-25(2)37(26(3)18-24)40-32-14-16-42-23-36(32)44-34-20-28-10-5-4-9-27(28)19-33(34)43(30-12-8-15-41-22-30)35-21-29-11-6-7-13-31(29)38(40)39(35)44/h4-23H,1-3H3. The van der Waals surface area contributed by atoms with Crippen LogP contribution in [0.1, 0.15) is 16.7 Å². The Balaban J connectivity index is 1.48. The smallest absolute Gasteiger partial charge is 0.248 e. The molecule has 208 valence electrons. The van der Waals surface area contributed by atoms with Gasteiger partial charge >= 0.3 is 0 Å². The Hall–Kier alpha value is -5.42. The first-order valence-electron chi connectivity index (χ1n) is 15.2. The topological polar surface area (TPSA) is 32.3 Å². The molecule has 0 radical (unpaired) electrons. The molecule has 44 heavy (non-hydrogen) atoms. The summed E-state index contributed by atoms with van der Waals surface area (Å²) in [5, 5.41) is 4.92. The van der Waals surface area contributed by atoms with Crippen molar-refractivity contribution in [3.8, 4) is 0 Å². The van der Waals surface area contributed by atoms with E-state index in [-0.39, 0.29) is 6.71 Å². The van der Waals surface area contributed by atoms with E-state index in [4.69, 9.17) is 4.98 Å². The summed E-state index contributed by atoms with van der Waals surface area (Å²) in [6.07, 6.45) is 7.83. The van der Waals surface area contributed by atoms with E-state index in [1.165, 1.54) is 60.3 Å². The van der Waals surface area contributed by atoms with Crippen molar-refractivity contribution in [2.24, 2.45) is 0 Å². The zero-order valence-corrected chi connectivity index (χ0v) is 24.9. The van der Waals surface area contributed by atoms with E-state index in [2.05, 4.69) is 133 Å². The van der Waals surface area contributed by atoms with Gasteiger partial charge in [0.05, 0.1) is 46.5 Å². The van der Waals surface area contributed by atoms with E-state index in [1.54, 1.807) is 0 Å². The number of aromatic nitrogens is 2. The van der Waals surface area contributed by atoms with Gasteiger partial charge in [-0.3, -0.25) is 9.97 Å². The van der Waals surface area contributed by atoms with Crippen LogP contribution >= 0.6 is 0 Å². The predicted octanol–water partition coefficient (Wildman–Crippen LogP) is 7.79. The summed E-state index contributed by atoms with van der Waals surface area (Å²) >= 11 is 0. The molecule has 2 aromatic heterocycles. The average molecular weight is 565 g/mol. The van der Waals surface area contributed by atoms with Crippen LogP contribution in [0.25, 0.3) is 21.5 Å². The van der Waals surface area contributed by atoms with E-state index in [1.807, 2.05) is 24.7 Å². The third-order valence-corrected chi connectivity index (χ3v) is 9.43. The highest BCUT2D eigenvalue weighted by Crippen LogP contribution is 2.56. The summed E-state index contributed by atoms with van der Waals surface area (Å²) in [6, 6.07) is 35.6. The van der Waals surface area contributed by atoms with Crippen LogP contribution < -0.4 is 26.2 Å². The minimum Gasteiger partial charge on any atom is -0.306 e. The number of nitrogens with zero attached hydrogens (tertiary/aromatic N) is 4. The first-order valence-corrected chi connectivity index (χ1v) is 15.2. The molecule has 4 heterocycles. The molecule has 0 saturated heterocycles. The molecule has 0 bridgehead atoms. The molecule has 0 unspecified atom stereocenters. The molecule has 2 aliphatic heterocycles. The summed E-state index contributed by atoms with van der Waals surface area (Å²) in [5.41, 5.74) is 14.7. The Bertz CT molecular complexity index is 2270. The fraction of sp³-hybridized carbons (Fsp3) is 0.0769. The largest absolute Gasteiger partial charge is 0.306 e. The number of fused-ring (bicyclic) bond motifs is 7. The lowest BCUT2D eigenvalue weighted by Crippen LogP contribution is -2.59. The van der Waals surface area contributed by atoms with Crippen molar-refractivity contribution in [2.75, 3.05) is 9.80 Å². The number of aryl methyl sites for hydroxylation is 3. The second-order valence-corrected chi connectivity index (χ2v) is 12.1. The van der Waals surface area contributed by atoms with Gasteiger partial charge < -0.3 is 9.80 Å². The predicted molar refractivity (Wildman–Crippen MR) is 185 cm³/mol. The van der Waals surface area contributed by atoms with Crippen LogP contribution in [0.15, 0.2) is 122 Å². The summed E-state index contributed by atoms with van der Waals surface area (Å²) in [7, 11) is 0. The zero-order chi connectivity index (χ0) is 29.5. The second kappa shape index (κ2) is 9.29. The Morgan fingerprint density at radius 2 is 1.20 bits per heavy atom. The second-order valence-electron chi connectivity index (χ2n) is 12.1. The van der Waals surface area contributed by atoms with E-state index in [0.717, 1.165) is 28.4 Å². The van der Waals surface area contributed by atoms with Crippen molar-refractivity contribution in [1.29, 1.82) is 0 Å². The van der Waals surface area contributed by atoms with Crippen molar-refractivity contribution in [3.63, 3.8) is 0 Å². The van der Waals surface area contributed by atoms with Gasteiger partial charge in [0.25, 0.3) is 0 Å². The lowest BCUT2D eigenvalue weighted by atomic mass is 9.33. The van der Waals surface area contributed by atoms with Gasteiger partial charge in [0.2, 0.25) is 6.71 Å². The van der Waals surface area contributed by atoms with Crippen LogP contribution in [-0.4, -0.2) is 16.7 Å². The molecule has 9 rings (SSSR count). The summed E-state index contributed by atoms with van der Waals surface area (Å²) in [6.45, 7) is 6.77. The number of hydrogen-bond acceptors (Lipinski definition) is 4. The summed E-state index contributed by atoms with van der Waals surface area (Å²) in [5.74, 6) is 0. The molecule has 0 fully saturated rings. The maximum absolute atomic E-state index is 4.72. The molecule has 0 amide bonds. The van der Waals surface area contributed by atoms with Gasteiger partial charge in [-0.15, -0.1) is 0 Å². The highest BCUT2D eigenvalue weighted by molar-refractivity contribution is 7.00. The number of benzene rings is 5. The molecule has 0 aliphatic carbocycles. The molecule has 0 saturated carbocycles. The Morgan fingerprint density at radius 3 is 1.93 bits per heavy atom. The maximum Gasteiger partial charge on any atom is 0.248 e. The molecule has 0 atom stereocenters. The fourth-order valence-electron chi connectivity index (χ4n) is 7.82. The SMILES string of the molecule is Cc1cc(C)c(B2c3ccncc3N3c4cc5ccccc5cc4N(c4cccnc4)c4cc5ccccc5c2c43)c(C)c1. The van der Waals surface area contributed by atoms with Crippen molar-refractivity contribution >= 4 is 78.8 Å². The molecule has 4 nitrogen and oxygen atoms in total. The average Bonchev–Trinajstić information content (AvgIpc) is 3.04. The number of pyridine rings is 2. The lowest BCUT2D eigenvalue weighted by molar-refractivity contribution is 1.16. The van der Waals surface area contributed by atoms with Crippen LogP contribution in [0.4, 0.5) is 34.1 Å². The van der Waals surface area contributed by atoms with Gasteiger partial charge in [-0.05, 0) is 89.6 Å². The van der Waals surface area contributed by atoms with Crippen LogP contribution in [-0.2, 0) is 0 Å². The fourth-order valence-corrected chi connectivity index (χ4v) is 7.82. The third-order valence-electron chi connectivity index (χ3n) is 9.43. The highest BCUT2D eigenvalue weighted by Gasteiger charge is 2.43. The van der Waals surface area contributed by atoms with Crippen molar-refractivity contribution in [1.82, 2.24) is 9.97 Å². The molecular weight excluding hydrogens is 535 g/mol. The van der Waals surface area contributed by atoms with E-state index >= 15 is 0 Å². The van der Waals surface area contributed by atoms with Gasteiger partial charge in [0, 0.05) is 12.4 Å². The van der Waals surface area contributed by atoms with Gasteiger partial charge in [0.1, 0.15) is 0 Å². The van der Waals surface area contributed by atoms with E-state index in [9.17, 15) is 0 Å². The molecule has 7 aromatic rings. The quantitative estimate of drug-likeness (QED) is 0.201. The number of anilines is 6. The molecule has 2 aliphatic rings. The monoisotopic (exact) mass is 564 g/mol. The lowest BCUT2D eigenvalue weighted by Gasteiger charge is -2.46. The molecule has 5 aromatic carbocycles. The third kappa shape index (κ3) is 3.47. The van der Waals surface area contributed by atoms with Crippen LogP contribution in [0.5, 0.6) is 0 Å². The van der Waals surface area contributed by atoms with Gasteiger partial charge in [0.15, 0.2) is 0 Å². The van der Waals surface area contributed by atoms with Crippen LogP contribution in [0.2, 0.25) is 0 Å². The van der Waals surface area contributed by atoms with E-state index < -0.39 is 0 Å². The minimum absolute atomic E-state index is 0.0439. The molecular formula is C39H29BN4. The van der Waals surface area contributed by atoms with Crippen molar-refractivity contribution in [2.45, 2.75) is 20.8 Å². The van der Waals surface area contributed by atoms with Crippen molar-refractivity contribution in [3.05, 3.63) is 139 Å². The first kappa shape index (κ1) is 25.1. The molecule has 5 heteroatoms. The normalized spacial score (nSPS) is 13.2.